The molecule has 2 amide bonds. The molecule has 0 atom stereocenters. The Balaban J connectivity index is 1.79. The molecule has 1 fully saturated rings. The first-order valence-electron chi connectivity index (χ1n) is 6.82. The summed E-state index contributed by atoms with van der Waals surface area (Å²) in [6.07, 6.45) is 1.65. The Labute approximate surface area is 142 Å². The van der Waals surface area contributed by atoms with Crippen LogP contribution in [0.25, 0.3) is 6.08 Å². The highest BCUT2D eigenvalue weighted by atomic mass is 35.5. The highest BCUT2D eigenvalue weighted by molar-refractivity contribution is 8.18. The number of carbonyl (C=O) groups is 2. The fourth-order valence-corrected chi connectivity index (χ4v) is 3.09. The molecule has 116 valence electrons. The molecular formula is C17H12ClNO3S. The van der Waals surface area contributed by atoms with E-state index in [0.717, 1.165) is 22.9 Å². The lowest BCUT2D eigenvalue weighted by Gasteiger charge is -2.12. The second-order valence-corrected chi connectivity index (χ2v) is 6.42. The van der Waals surface area contributed by atoms with E-state index in [9.17, 15) is 14.7 Å². The maximum atomic E-state index is 12.4. The number of rotatable bonds is 3. The molecule has 0 aromatic heterocycles. The Morgan fingerprint density at radius 2 is 1.70 bits per heavy atom. The van der Waals surface area contributed by atoms with Crippen molar-refractivity contribution in [3.8, 4) is 5.75 Å². The molecule has 2 aromatic rings. The number of imide groups is 1. The Morgan fingerprint density at radius 1 is 1.04 bits per heavy atom. The maximum absolute atomic E-state index is 12.4. The van der Waals surface area contributed by atoms with Gasteiger partial charge < -0.3 is 5.11 Å². The summed E-state index contributed by atoms with van der Waals surface area (Å²) < 4.78 is 0. The Kier molecular flexibility index (Phi) is 4.41. The van der Waals surface area contributed by atoms with Crippen LogP contribution >= 0.6 is 23.4 Å². The number of amides is 2. The third-order valence-corrected chi connectivity index (χ3v) is 4.48. The van der Waals surface area contributed by atoms with E-state index in [-0.39, 0.29) is 23.4 Å². The lowest BCUT2D eigenvalue weighted by Crippen LogP contribution is -2.27. The van der Waals surface area contributed by atoms with Crippen LogP contribution in [0.4, 0.5) is 4.79 Å². The smallest absolute Gasteiger partial charge is 0.293 e. The van der Waals surface area contributed by atoms with Crippen molar-refractivity contribution >= 4 is 40.6 Å². The fraction of sp³-hybridized carbons (Fsp3) is 0.0588. The molecule has 23 heavy (non-hydrogen) atoms. The molecule has 0 unspecified atom stereocenters. The van der Waals surface area contributed by atoms with Crippen LogP contribution in [0.2, 0.25) is 5.02 Å². The summed E-state index contributed by atoms with van der Waals surface area (Å²) in [5.41, 5.74) is 1.59. The van der Waals surface area contributed by atoms with Crippen LogP contribution in [0, 0.1) is 0 Å². The van der Waals surface area contributed by atoms with Gasteiger partial charge in [0.2, 0.25) is 0 Å². The zero-order chi connectivity index (χ0) is 16.4. The van der Waals surface area contributed by atoms with Gasteiger partial charge in [-0.25, -0.2) is 0 Å². The fourth-order valence-electron chi connectivity index (χ4n) is 2.13. The van der Waals surface area contributed by atoms with E-state index < -0.39 is 0 Å². The van der Waals surface area contributed by atoms with E-state index >= 15 is 0 Å². The number of benzene rings is 2. The van der Waals surface area contributed by atoms with Crippen LogP contribution < -0.4 is 0 Å². The van der Waals surface area contributed by atoms with Crippen LogP contribution in [-0.2, 0) is 11.3 Å². The molecular weight excluding hydrogens is 334 g/mol. The first-order valence-corrected chi connectivity index (χ1v) is 8.01. The molecule has 1 aliphatic rings. The first kappa shape index (κ1) is 15.6. The molecule has 0 radical (unpaired) electrons. The van der Waals surface area contributed by atoms with Gasteiger partial charge in [-0.2, -0.15) is 0 Å². The first-order chi connectivity index (χ1) is 11.0. The second-order valence-electron chi connectivity index (χ2n) is 4.99. The molecule has 1 saturated heterocycles. The predicted octanol–water partition coefficient (Wildman–Crippen LogP) is 4.28. The van der Waals surface area contributed by atoms with E-state index in [1.54, 1.807) is 42.5 Å². The number of carbonyl (C=O) groups excluding carboxylic acids is 2. The number of hydrogen-bond donors (Lipinski definition) is 1. The number of nitrogens with zero attached hydrogens (tertiary/aromatic N) is 1. The minimum Gasteiger partial charge on any atom is -0.508 e. The average molecular weight is 346 g/mol. The van der Waals surface area contributed by atoms with Gasteiger partial charge in [-0.15, -0.1) is 0 Å². The average Bonchev–Trinajstić information content (AvgIpc) is 2.79. The van der Waals surface area contributed by atoms with Crippen LogP contribution in [0.3, 0.4) is 0 Å². The van der Waals surface area contributed by atoms with Crippen molar-refractivity contribution in [2.45, 2.75) is 6.54 Å². The molecule has 2 aromatic carbocycles. The molecule has 0 saturated carbocycles. The summed E-state index contributed by atoms with van der Waals surface area (Å²) >= 11 is 6.74. The zero-order valence-corrected chi connectivity index (χ0v) is 13.5. The van der Waals surface area contributed by atoms with Gasteiger partial charge in [-0.1, -0.05) is 35.9 Å². The van der Waals surface area contributed by atoms with Gasteiger partial charge in [0.1, 0.15) is 5.75 Å². The van der Waals surface area contributed by atoms with E-state index in [1.807, 2.05) is 0 Å². The lowest BCUT2D eigenvalue weighted by atomic mass is 10.2. The predicted molar refractivity (Wildman–Crippen MR) is 91.1 cm³/mol. The molecule has 6 heteroatoms. The number of halogens is 1. The second kappa shape index (κ2) is 6.48. The van der Waals surface area contributed by atoms with Crippen molar-refractivity contribution in [1.82, 2.24) is 4.90 Å². The minimum atomic E-state index is -0.317. The summed E-state index contributed by atoms with van der Waals surface area (Å²) in [4.78, 5) is 26.0. The van der Waals surface area contributed by atoms with E-state index in [1.165, 1.54) is 17.0 Å². The Hall–Kier alpha value is -2.24. The number of aromatic hydroxyl groups is 1. The molecule has 0 aliphatic carbocycles. The van der Waals surface area contributed by atoms with Crippen molar-refractivity contribution in [2.75, 3.05) is 0 Å². The summed E-state index contributed by atoms with van der Waals surface area (Å²) in [5.74, 6) is -0.166. The lowest BCUT2D eigenvalue weighted by molar-refractivity contribution is -0.123. The monoisotopic (exact) mass is 345 g/mol. The largest absolute Gasteiger partial charge is 0.508 e. The Bertz CT molecular complexity index is 784. The minimum absolute atomic E-state index is 0.151. The normalized spacial score (nSPS) is 16.4. The summed E-state index contributed by atoms with van der Waals surface area (Å²) in [5, 5.41) is 9.58. The van der Waals surface area contributed by atoms with Crippen molar-refractivity contribution in [1.29, 1.82) is 0 Å². The highest BCUT2D eigenvalue weighted by Crippen LogP contribution is 2.33. The van der Waals surface area contributed by atoms with Crippen molar-refractivity contribution in [3.05, 3.63) is 69.6 Å². The highest BCUT2D eigenvalue weighted by Gasteiger charge is 2.34. The molecule has 1 heterocycles. The molecule has 0 spiro atoms. The van der Waals surface area contributed by atoms with E-state index in [2.05, 4.69) is 0 Å². The summed E-state index contributed by atoms with van der Waals surface area (Å²) in [7, 11) is 0. The standard InChI is InChI=1S/C17H12ClNO3S/c18-13-5-1-12(2-6-13)10-19-16(21)15(23-17(19)22)9-11-3-7-14(20)8-4-11/h1-9,20H,10H2. The van der Waals surface area contributed by atoms with Crippen LogP contribution in [-0.4, -0.2) is 21.2 Å². The maximum Gasteiger partial charge on any atom is 0.293 e. The van der Waals surface area contributed by atoms with Crippen molar-refractivity contribution in [2.24, 2.45) is 0 Å². The topological polar surface area (TPSA) is 57.6 Å². The van der Waals surface area contributed by atoms with E-state index in [4.69, 9.17) is 11.6 Å². The van der Waals surface area contributed by atoms with Gasteiger partial charge in [-0.05, 0) is 53.2 Å². The van der Waals surface area contributed by atoms with Gasteiger partial charge >= 0.3 is 0 Å². The number of phenols is 1. The van der Waals surface area contributed by atoms with Crippen molar-refractivity contribution < 1.29 is 14.7 Å². The van der Waals surface area contributed by atoms with Crippen molar-refractivity contribution in [3.63, 3.8) is 0 Å². The van der Waals surface area contributed by atoms with Gasteiger partial charge in [0, 0.05) is 5.02 Å². The molecule has 1 aliphatic heterocycles. The van der Waals surface area contributed by atoms with E-state index in [0.29, 0.717) is 9.93 Å². The number of thioether (sulfide) groups is 1. The van der Waals surface area contributed by atoms with Crippen LogP contribution in [0.1, 0.15) is 11.1 Å². The number of hydrogen-bond acceptors (Lipinski definition) is 4. The molecule has 3 rings (SSSR count). The molecule has 1 N–H and O–H groups in total. The summed E-state index contributed by atoms with van der Waals surface area (Å²) in [6, 6.07) is 13.5. The van der Waals surface area contributed by atoms with Gasteiger partial charge in [-0.3, -0.25) is 14.5 Å². The van der Waals surface area contributed by atoms with Gasteiger partial charge in [0.15, 0.2) is 0 Å². The number of phenolic OH excluding ortho intramolecular Hbond substituents is 1. The third-order valence-electron chi connectivity index (χ3n) is 3.32. The molecule has 4 nitrogen and oxygen atoms in total. The summed E-state index contributed by atoms with van der Waals surface area (Å²) in [6.45, 7) is 0.217. The third kappa shape index (κ3) is 3.57. The van der Waals surface area contributed by atoms with Crippen LogP contribution in [0.5, 0.6) is 5.75 Å². The quantitative estimate of drug-likeness (QED) is 0.843. The Morgan fingerprint density at radius 3 is 2.35 bits per heavy atom. The SMILES string of the molecule is O=C1SC(=Cc2ccc(O)cc2)C(=O)N1Cc1ccc(Cl)cc1. The van der Waals surface area contributed by atoms with Crippen LogP contribution in [0.15, 0.2) is 53.4 Å². The zero-order valence-electron chi connectivity index (χ0n) is 11.9. The van der Waals surface area contributed by atoms with Gasteiger partial charge in [0.05, 0.1) is 11.4 Å². The molecule has 0 bridgehead atoms. The van der Waals surface area contributed by atoms with Gasteiger partial charge in [0.25, 0.3) is 11.1 Å².